The van der Waals surface area contributed by atoms with Crippen molar-refractivity contribution in [3.8, 4) is 17.0 Å². The summed E-state index contributed by atoms with van der Waals surface area (Å²) in [6.45, 7) is 1.88. The summed E-state index contributed by atoms with van der Waals surface area (Å²) in [6.07, 6.45) is 0. The predicted molar refractivity (Wildman–Crippen MR) is 73.1 cm³/mol. The van der Waals surface area contributed by atoms with Gasteiger partial charge in [0.05, 0.1) is 11.6 Å². The van der Waals surface area contributed by atoms with Crippen molar-refractivity contribution in [2.24, 2.45) is 0 Å². The number of rotatable bonds is 5. The Hall–Kier alpha value is -1.11. The molecular formula is C15H14F2NO3Y-. The first kappa shape index (κ1) is 18.9. The average molecular weight is 383 g/mol. The van der Waals surface area contributed by atoms with Gasteiger partial charge in [-0.3, -0.25) is 4.79 Å². The molecule has 0 atom stereocenters. The van der Waals surface area contributed by atoms with Crippen molar-refractivity contribution >= 4 is 0 Å². The van der Waals surface area contributed by atoms with Crippen molar-refractivity contribution in [2.75, 3.05) is 13.9 Å². The Kier molecular flexibility index (Phi) is 7.32. The van der Waals surface area contributed by atoms with Crippen molar-refractivity contribution in [3.05, 3.63) is 52.3 Å². The van der Waals surface area contributed by atoms with Crippen molar-refractivity contribution in [2.45, 2.75) is 13.5 Å². The van der Waals surface area contributed by atoms with Crippen LogP contribution in [0.3, 0.4) is 0 Å². The van der Waals surface area contributed by atoms with Gasteiger partial charge in [-0.05, 0) is 12.5 Å². The molecule has 0 N–H and O–H groups in total. The fourth-order valence-corrected chi connectivity index (χ4v) is 1.98. The number of ether oxygens (including phenoxy) is 2. The third kappa shape index (κ3) is 4.00. The second kappa shape index (κ2) is 8.51. The molecule has 1 radical (unpaired) electrons. The molecule has 0 bridgehead atoms. The van der Waals surface area contributed by atoms with Crippen LogP contribution in [0.1, 0.15) is 6.92 Å². The summed E-state index contributed by atoms with van der Waals surface area (Å²) in [6, 6.07) is 7.43. The van der Waals surface area contributed by atoms with Crippen LogP contribution >= 0.6 is 0 Å². The van der Waals surface area contributed by atoms with Crippen molar-refractivity contribution in [3.63, 3.8) is 0 Å². The fourth-order valence-electron chi connectivity index (χ4n) is 1.98. The second-order valence-corrected chi connectivity index (χ2v) is 4.22. The van der Waals surface area contributed by atoms with Gasteiger partial charge in [0.2, 0.25) is 0 Å². The average Bonchev–Trinajstić information content (AvgIpc) is 2.44. The first-order chi connectivity index (χ1) is 10.1. The summed E-state index contributed by atoms with van der Waals surface area (Å²) in [5.41, 5.74) is -0.581. The van der Waals surface area contributed by atoms with Crippen LogP contribution in [0.25, 0.3) is 11.3 Å². The zero-order chi connectivity index (χ0) is 15.4. The molecule has 0 amide bonds. The van der Waals surface area contributed by atoms with E-state index in [0.717, 1.165) is 12.1 Å². The van der Waals surface area contributed by atoms with Gasteiger partial charge in [-0.15, -0.1) is 0 Å². The van der Waals surface area contributed by atoms with Gasteiger partial charge in [0.1, 0.15) is 5.75 Å². The Morgan fingerprint density at radius 2 is 1.91 bits per heavy atom. The van der Waals surface area contributed by atoms with E-state index >= 15 is 0 Å². The maximum atomic E-state index is 14.2. The molecule has 2 aromatic rings. The van der Waals surface area contributed by atoms with Crippen molar-refractivity contribution < 1.29 is 51.0 Å². The van der Waals surface area contributed by atoms with E-state index in [0.29, 0.717) is 0 Å². The third-order valence-corrected chi connectivity index (χ3v) is 2.89. The zero-order valence-electron chi connectivity index (χ0n) is 12.2. The van der Waals surface area contributed by atoms with Gasteiger partial charge >= 0.3 is 0 Å². The first-order valence-corrected chi connectivity index (χ1v) is 6.31. The van der Waals surface area contributed by atoms with Crippen LogP contribution in [-0.4, -0.2) is 18.5 Å². The SMILES string of the molecule is CCn1c(-c2c(F)cc(OCOC)cc2F)[c-]ccc1=O.[Y]. The molecule has 22 heavy (non-hydrogen) atoms. The molecule has 1 aromatic heterocycles. The van der Waals surface area contributed by atoms with E-state index in [2.05, 4.69) is 10.8 Å². The number of hydrogen-bond donors (Lipinski definition) is 0. The Morgan fingerprint density at radius 1 is 1.27 bits per heavy atom. The summed E-state index contributed by atoms with van der Waals surface area (Å²) in [7, 11) is 1.40. The molecule has 0 spiro atoms. The summed E-state index contributed by atoms with van der Waals surface area (Å²) < 4.78 is 39.3. The van der Waals surface area contributed by atoms with Gasteiger partial charge in [-0.1, -0.05) is 11.8 Å². The third-order valence-electron chi connectivity index (χ3n) is 2.89. The summed E-state index contributed by atoms with van der Waals surface area (Å²) >= 11 is 0. The van der Waals surface area contributed by atoms with Crippen LogP contribution in [0.4, 0.5) is 8.78 Å². The van der Waals surface area contributed by atoms with E-state index in [4.69, 9.17) is 4.74 Å². The zero-order valence-corrected chi connectivity index (χ0v) is 15.1. The van der Waals surface area contributed by atoms with Gasteiger partial charge in [0, 0.05) is 58.5 Å². The standard InChI is InChI=1S/C15H14F2NO3.Y/c1-3-18-13(5-4-6-14(18)19)15-11(16)7-10(8-12(15)17)21-9-20-2;/h4,6-8H,3,9H2,1-2H3;/q-1;. The number of halogens is 2. The molecule has 1 aromatic carbocycles. The van der Waals surface area contributed by atoms with Crippen LogP contribution in [0.15, 0.2) is 29.1 Å². The smallest absolute Gasteiger partial charge is 0.194 e. The molecule has 7 heteroatoms. The van der Waals surface area contributed by atoms with Gasteiger partial charge < -0.3 is 14.0 Å². The summed E-state index contributed by atoms with van der Waals surface area (Å²) in [5.74, 6) is -1.65. The van der Waals surface area contributed by atoms with Gasteiger partial charge in [0.25, 0.3) is 0 Å². The van der Waals surface area contributed by atoms with E-state index in [1.54, 1.807) is 6.92 Å². The molecule has 2 rings (SSSR count). The summed E-state index contributed by atoms with van der Waals surface area (Å²) in [4.78, 5) is 11.7. The number of aromatic nitrogens is 1. The number of pyridine rings is 1. The molecule has 0 fully saturated rings. The van der Waals surface area contributed by atoms with Crippen LogP contribution in [-0.2, 0) is 44.0 Å². The molecule has 1 heterocycles. The molecule has 0 saturated heterocycles. The number of hydrogen-bond acceptors (Lipinski definition) is 3. The molecule has 0 saturated carbocycles. The maximum absolute atomic E-state index is 14.2. The Morgan fingerprint density at radius 3 is 2.45 bits per heavy atom. The van der Waals surface area contributed by atoms with Crippen LogP contribution < -0.4 is 10.3 Å². The minimum Gasteiger partial charge on any atom is -0.467 e. The summed E-state index contributed by atoms with van der Waals surface area (Å²) in [5, 5.41) is 0. The quantitative estimate of drug-likeness (QED) is 0.589. The van der Waals surface area contributed by atoms with E-state index < -0.39 is 11.6 Å². The normalized spacial score (nSPS) is 10.2. The minimum atomic E-state index is -0.829. The van der Waals surface area contributed by atoms with Crippen LogP contribution in [0.2, 0.25) is 0 Å². The second-order valence-electron chi connectivity index (χ2n) is 4.22. The molecule has 0 aliphatic carbocycles. The molecule has 0 unspecified atom stereocenters. The van der Waals surface area contributed by atoms with Crippen molar-refractivity contribution in [1.29, 1.82) is 0 Å². The van der Waals surface area contributed by atoms with E-state index in [1.807, 2.05) is 0 Å². The minimum absolute atomic E-state index is 0. The maximum Gasteiger partial charge on any atom is 0.194 e. The number of methoxy groups -OCH3 is 1. The molecular weight excluding hydrogens is 369 g/mol. The topological polar surface area (TPSA) is 40.5 Å². The van der Waals surface area contributed by atoms with Crippen LogP contribution in [0.5, 0.6) is 5.75 Å². The molecule has 4 nitrogen and oxygen atoms in total. The van der Waals surface area contributed by atoms with E-state index in [-0.39, 0.29) is 68.6 Å². The monoisotopic (exact) mass is 383 g/mol. The first-order valence-electron chi connectivity index (χ1n) is 6.31. The van der Waals surface area contributed by atoms with E-state index in [1.165, 1.54) is 23.8 Å². The van der Waals surface area contributed by atoms with Crippen molar-refractivity contribution in [1.82, 2.24) is 4.57 Å². The molecule has 0 aliphatic heterocycles. The van der Waals surface area contributed by atoms with Gasteiger partial charge in [-0.25, -0.2) is 8.78 Å². The van der Waals surface area contributed by atoms with Gasteiger partial charge in [-0.2, -0.15) is 12.1 Å². The fraction of sp³-hybridized carbons (Fsp3) is 0.267. The predicted octanol–water partition coefficient (Wildman–Crippen LogP) is 2.59. The Balaban J connectivity index is 0.00000242. The van der Waals surface area contributed by atoms with Gasteiger partial charge in [0.15, 0.2) is 12.4 Å². The van der Waals surface area contributed by atoms with E-state index in [9.17, 15) is 13.6 Å². The van der Waals surface area contributed by atoms with Crippen LogP contribution in [0, 0.1) is 17.7 Å². The Bertz CT molecular complexity index is 680. The number of benzene rings is 1. The molecule has 115 valence electrons. The largest absolute Gasteiger partial charge is 0.467 e. The Labute approximate surface area is 151 Å². The molecule has 0 aliphatic rings. The number of nitrogens with zero attached hydrogens (tertiary/aromatic N) is 1.